The van der Waals surface area contributed by atoms with Crippen molar-refractivity contribution in [2.24, 2.45) is 0 Å². The van der Waals surface area contributed by atoms with E-state index in [4.69, 9.17) is 10.00 Å². The molecule has 0 bridgehead atoms. The number of para-hydroxylation sites is 2. The molecule has 1 atom stereocenters. The monoisotopic (exact) mass is 202 g/mol. The minimum absolute atomic E-state index is 0.0295. The maximum atomic E-state index is 8.78. The highest BCUT2D eigenvalue weighted by Gasteiger charge is 2.35. The minimum Gasteiger partial charge on any atom is -0.489 e. The summed E-state index contributed by atoms with van der Waals surface area (Å²) < 4.78 is 5.69. The highest BCUT2D eigenvalue weighted by atomic mass is 16.5. The average Bonchev–Trinajstić information content (AvgIpc) is 2.97. The first-order valence-electron chi connectivity index (χ1n) is 5.14. The van der Waals surface area contributed by atoms with E-state index >= 15 is 0 Å². The summed E-state index contributed by atoms with van der Waals surface area (Å²) in [7, 11) is 0. The number of benzene rings is 1. The van der Waals surface area contributed by atoms with Crippen LogP contribution in [-0.2, 0) is 0 Å². The first kappa shape index (κ1) is 9.85. The molecule has 15 heavy (non-hydrogen) atoms. The molecule has 1 aromatic carbocycles. The lowest BCUT2D eigenvalue weighted by Crippen LogP contribution is -2.08. The van der Waals surface area contributed by atoms with Crippen LogP contribution in [0.2, 0.25) is 0 Å². The fraction of sp³-hybridized carbons (Fsp3) is 0.417. The van der Waals surface area contributed by atoms with Crippen LogP contribution >= 0.6 is 0 Å². The topological polar surface area (TPSA) is 36.0 Å². The molecule has 0 N–H and O–H groups in total. The summed E-state index contributed by atoms with van der Waals surface area (Å²) in [4.78, 5) is 2.04. The fourth-order valence-corrected chi connectivity index (χ4v) is 1.56. The van der Waals surface area contributed by atoms with Gasteiger partial charge in [-0.05, 0) is 26.0 Å². The lowest BCUT2D eigenvalue weighted by atomic mass is 10.3. The molecule has 0 aromatic heterocycles. The Morgan fingerprint density at radius 1 is 1.47 bits per heavy atom. The number of ether oxygens (including phenoxy) is 1. The van der Waals surface area contributed by atoms with Gasteiger partial charge in [-0.25, -0.2) is 0 Å². The highest BCUT2D eigenvalue weighted by Crippen LogP contribution is 2.35. The third kappa shape index (κ3) is 2.04. The van der Waals surface area contributed by atoms with Gasteiger partial charge >= 0.3 is 0 Å². The zero-order chi connectivity index (χ0) is 10.8. The van der Waals surface area contributed by atoms with Crippen LogP contribution in [0.25, 0.3) is 0 Å². The number of nitriles is 1. The Kier molecular flexibility index (Phi) is 2.51. The van der Waals surface area contributed by atoms with E-state index in [1.807, 2.05) is 43.0 Å². The van der Waals surface area contributed by atoms with Gasteiger partial charge in [0.05, 0.1) is 24.4 Å². The van der Waals surface area contributed by atoms with E-state index in [0.29, 0.717) is 0 Å². The molecule has 1 unspecified atom stereocenters. The van der Waals surface area contributed by atoms with Crippen LogP contribution in [0.4, 0.5) is 5.69 Å². The molecule has 1 fully saturated rings. The van der Waals surface area contributed by atoms with Gasteiger partial charge in [-0.1, -0.05) is 12.1 Å². The van der Waals surface area contributed by atoms with Crippen molar-refractivity contribution < 1.29 is 4.74 Å². The Morgan fingerprint density at radius 2 is 2.20 bits per heavy atom. The second kappa shape index (κ2) is 3.82. The SMILES string of the molecule is CC(C)Oc1ccccc1N1CC1C#N. The summed E-state index contributed by atoms with van der Waals surface area (Å²) in [5, 5.41) is 8.78. The standard InChI is InChI=1S/C12H14N2O/c1-9(2)15-12-6-4-3-5-11(12)14-8-10(14)7-13/h3-6,9-10H,8H2,1-2H3. The molecule has 1 saturated heterocycles. The molecule has 1 aliphatic heterocycles. The Morgan fingerprint density at radius 3 is 2.80 bits per heavy atom. The summed E-state index contributed by atoms with van der Waals surface area (Å²) in [6.07, 6.45) is 0.159. The van der Waals surface area contributed by atoms with Crippen molar-refractivity contribution in [3.8, 4) is 11.8 Å². The molecular weight excluding hydrogens is 188 g/mol. The van der Waals surface area contributed by atoms with E-state index in [1.165, 1.54) is 0 Å². The number of nitrogens with zero attached hydrogens (tertiary/aromatic N) is 2. The van der Waals surface area contributed by atoms with Gasteiger partial charge in [0.2, 0.25) is 0 Å². The molecule has 0 amide bonds. The summed E-state index contributed by atoms with van der Waals surface area (Å²) >= 11 is 0. The Balaban J connectivity index is 2.20. The van der Waals surface area contributed by atoms with E-state index < -0.39 is 0 Å². The molecule has 0 aliphatic carbocycles. The van der Waals surface area contributed by atoms with Crippen LogP contribution in [0, 0.1) is 11.3 Å². The normalized spacial score (nSPS) is 18.8. The molecule has 0 radical (unpaired) electrons. The summed E-state index contributed by atoms with van der Waals surface area (Å²) in [6, 6.07) is 10.1. The molecule has 1 heterocycles. The number of hydrogen-bond donors (Lipinski definition) is 0. The van der Waals surface area contributed by atoms with Crippen molar-refractivity contribution in [3.05, 3.63) is 24.3 Å². The smallest absolute Gasteiger partial charge is 0.143 e. The van der Waals surface area contributed by atoms with Gasteiger partial charge in [-0.15, -0.1) is 0 Å². The van der Waals surface area contributed by atoms with Crippen LogP contribution in [0.15, 0.2) is 24.3 Å². The molecule has 3 nitrogen and oxygen atoms in total. The largest absolute Gasteiger partial charge is 0.489 e. The number of hydrogen-bond acceptors (Lipinski definition) is 3. The first-order valence-corrected chi connectivity index (χ1v) is 5.14. The molecule has 0 saturated carbocycles. The maximum absolute atomic E-state index is 8.78. The fourth-order valence-electron chi connectivity index (χ4n) is 1.56. The van der Waals surface area contributed by atoms with Gasteiger partial charge in [0, 0.05) is 0 Å². The van der Waals surface area contributed by atoms with E-state index in [-0.39, 0.29) is 12.1 Å². The van der Waals surface area contributed by atoms with Crippen LogP contribution in [0.5, 0.6) is 5.75 Å². The Bertz CT molecular complexity index is 395. The Labute approximate surface area is 89.9 Å². The molecule has 1 aliphatic rings. The molecule has 2 rings (SSSR count). The molecule has 78 valence electrons. The van der Waals surface area contributed by atoms with Crippen LogP contribution < -0.4 is 9.64 Å². The Hall–Kier alpha value is -1.69. The molecule has 0 spiro atoms. The van der Waals surface area contributed by atoms with Crippen molar-refractivity contribution >= 4 is 5.69 Å². The van der Waals surface area contributed by atoms with Crippen molar-refractivity contribution in [2.75, 3.05) is 11.4 Å². The van der Waals surface area contributed by atoms with Gasteiger partial charge in [-0.3, -0.25) is 0 Å². The van der Waals surface area contributed by atoms with Crippen LogP contribution in [0.3, 0.4) is 0 Å². The van der Waals surface area contributed by atoms with Gasteiger partial charge in [0.25, 0.3) is 0 Å². The lowest BCUT2D eigenvalue weighted by molar-refractivity contribution is 0.243. The predicted octanol–water partition coefficient (Wildman–Crippen LogP) is 2.19. The minimum atomic E-state index is 0.0295. The second-order valence-corrected chi connectivity index (χ2v) is 3.93. The molecule has 1 aromatic rings. The number of anilines is 1. The quantitative estimate of drug-likeness (QED) is 0.705. The van der Waals surface area contributed by atoms with Gasteiger partial charge < -0.3 is 9.64 Å². The first-order chi connectivity index (χ1) is 7.22. The molecular formula is C12H14N2O. The highest BCUT2D eigenvalue weighted by molar-refractivity contribution is 5.65. The van der Waals surface area contributed by atoms with Gasteiger partial charge in [0.1, 0.15) is 11.8 Å². The molecule has 3 heteroatoms. The van der Waals surface area contributed by atoms with Crippen molar-refractivity contribution in [1.82, 2.24) is 0 Å². The third-order valence-corrected chi connectivity index (χ3v) is 2.30. The van der Waals surface area contributed by atoms with E-state index in [2.05, 4.69) is 6.07 Å². The number of rotatable bonds is 3. The van der Waals surface area contributed by atoms with E-state index in [0.717, 1.165) is 18.0 Å². The predicted molar refractivity (Wildman–Crippen MR) is 59.0 cm³/mol. The van der Waals surface area contributed by atoms with Gasteiger partial charge in [-0.2, -0.15) is 5.26 Å². The van der Waals surface area contributed by atoms with Crippen molar-refractivity contribution in [1.29, 1.82) is 5.26 Å². The zero-order valence-corrected chi connectivity index (χ0v) is 8.97. The van der Waals surface area contributed by atoms with Gasteiger partial charge in [0.15, 0.2) is 0 Å². The third-order valence-electron chi connectivity index (χ3n) is 2.30. The zero-order valence-electron chi connectivity index (χ0n) is 8.97. The maximum Gasteiger partial charge on any atom is 0.143 e. The average molecular weight is 202 g/mol. The second-order valence-electron chi connectivity index (χ2n) is 3.93. The van der Waals surface area contributed by atoms with Crippen LogP contribution in [-0.4, -0.2) is 18.7 Å². The van der Waals surface area contributed by atoms with E-state index in [1.54, 1.807) is 0 Å². The van der Waals surface area contributed by atoms with Crippen molar-refractivity contribution in [3.63, 3.8) is 0 Å². The van der Waals surface area contributed by atoms with Crippen molar-refractivity contribution in [2.45, 2.75) is 26.0 Å². The summed E-state index contributed by atoms with van der Waals surface area (Å²) in [5.74, 6) is 0.866. The summed E-state index contributed by atoms with van der Waals surface area (Å²) in [5.41, 5.74) is 1.03. The van der Waals surface area contributed by atoms with E-state index in [9.17, 15) is 0 Å². The lowest BCUT2D eigenvalue weighted by Gasteiger charge is -2.14. The summed E-state index contributed by atoms with van der Waals surface area (Å²) in [6.45, 7) is 4.82. The van der Waals surface area contributed by atoms with Crippen LogP contribution in [0.1, 0.15) is 13.8 Å².